The molecule has 0 fully saturated rings. The van der Waals surface area contributed by atoms with Gasteiger partial charge in [-0.2, -0.15) is 0 Å². The summed E-state index contributed by atoms with van der Waals surface area (Å²) in [4.78, 5) is 11.8. The van der Waals surface area contributed by atoms with Gasteiger partial charge in [0.25, 0.3) is 0 Å². The summed E-state index contributed by atoms with van der Waals surface area (Å²) in [6, 6.07) is 16.1. The maximum Gasteiger partial charge on any atom is 0.220 e. The molecule has 0 unspecified atom stereocenters. The van der Waals surface area contributed by atoms with Gasteiger partial charge >= 0.3 is 0 Å². The highest BCUT2D eigenvalue weighted by molar-refractivity contribution is 5.76. The van der Waals surface area contributed by atoms with Crippen LogP contribution in [0.3, 0.4) is 0 Å². The molecule has 2 rings (SSSR count). The number of hydrogen-bond acceptors (Lipinski definition) is 2. The summed E-state index contributed by atoms with van der Waals surface area (Å²) in [6.07, 6.45) is 2.15. The van der Waals surface area contributed by atoms with Gasteiger partial charge in [0.05, 0.1) is 0 Å². The highest BCUT2D eigenvalue weighted by Crippen LogP contribution is 2.07. The SMILES string of the molecule is Cc1ccc(CCC(=O)NCCc2ccc(N)cc2)cc1. The van der Waals surface area contributed by atoms with Crippen LogP contribution in [0.4, 0.5) is 5.69 Å². The lowest BCUT2D eigenvalue weighted by Gasteiger charge is -2.06. The van der Waals surface area contributed by atoms with Crippen LogP contribution in [-0.4, -0.2) is 12.5 Å². The Morgan fingerprint density at radius 2 is 1.52 bits per heavy atom. The molecule has 0 saturated carbocycles. The van der Waals surface area contributed by atoms with E-state index in [1.54, 1.807) is 0 Å². The van der Waals surface area contributed by atoms with Crippen LogP contribution < -0.4 is 11.1 Å². The van der Waals surface area contributed by atoms with E-state index in [1.165, 1.54) is 16.7 Å². The van der Waals surface area contributed by atoms with Crippen LogP contribution >= 0.6 is 0 Å². The van der Waals surface area contributed by atoms with Gasteiger partial charge in [-0.15, -0.1) is 0 Å². The maximum absolute atomic E-state index is 11.8. The number of nitrogens with two attached hydrogens (primary N) is 1. The number of amides is 1. The third-order valence-corrected chi connectivity index (χ3v) is 3.48. The number of carbonyl (C=O) groups is 1. The fraction of sp³-hybridized carbons (Fsp3) is 0.278. The van der Waals surface area contributed by atoms with Crippen LogP contribution in [0.25, 0.3) is 0 Å². The standard InChI is InChI=1S/C18H22N2O/c1-14-2-4-15(5-3-14)8-11-18(21)20-13-12-16-6-9-17(19)10-7-16/h2-7,9-10H,8,11-13,19H2,1H3,(H,20,21). The highest BCUT2D eigenvalue weighted by atomic mass is 16.1. The second-order valence-corrected chi connectivity index (χ2v) is 5.33. The zero-order valence-corrected chi connectivity index (χ0v) is 12.4. The van der Waals surface area contributed by atoms with Gasteiger partial charge in [-0.3, -0.25) is 4.79 Å². The Balaban J connectivity index is 1.67. The second kappa shape index (κ2) is 7.48. The zero-order chi connectivity index (χ0) is 15.1. The average Bonchev–Trinajstić information content (AvgIpc) is 2.49. The van der Waals surface area contributed by atoms with E-state index >= 15 is 0 Å². The monoisotopic (exact) mass is 282 g/mol. The van der Waals surface area contributed by atoms with Gasteiger partial charge < -0.3 is 11.1 Å². The van der Waals surface area contributed by atoms with E-state index in [0.717, 1.165) is 18.5 Å². The highest BCUT2D eigenvalue weighted by Gasteiger charge is 2.02. The van der Waals surface area contributed by atoms with Crippen LogP contribution in [-0.2, 0) is 17.6 Å². The molecule has 3 nitrogen and oxygen atoms in total. The normalized spacial score (nSPS) is 10.3. The fourth-order valence-electron chi connectivity index (χ4n) is 2.13. The van der Waals surface area contributed by atoms with Gasteiger partial charge in [-0.1, -0.05) is 42.0 Å². The van der Waals surface area contributed by atoms with Gasteiger partial charge in [0.2, 0.25) is 5.91 Å². The number of aryl methyl sites for hydroxylation is 2. The molecule has 0 spiro atoms. The molecule has 0 aliphatic carbocycles. The zero-order valence-electron chi connectivity index (χ0n) is 12.4. The maximum atomic E-state index is 11.8. The second-order valence-electron chi connectivity index (χ2n) is 5.33. The van der Waals surface area contributed by atoms with E-state index in [0.29, 0.717) is 13.0 Å². The lowest BCUT2D eigenvalue weighted by molar-refractivity contribution is -0.121. The molecule has 0 aliphatic heterocycles. The Kier molecular flexibility index (Phi) is 5.38. The molecule has 3 N–H and O–H groups in total. The summed E-state index contributed by atoms with van der Waals surface area (Å²) in [5.41, 5.74) is 10.0. The number of carbonyl (C=O) groups excluding carboxylic acids is 1. The lowest BCUT2D eigenvalue weighted by Crippen LogP contribution is -2.25. The third-order valence-electron chi connectivity index (χ3n) is 3.48. The molecule has 0 bridgehead atoms. The fourth-order valence-corrected chi connectivity index (χ4v) is 2.13. The molecule has 0 aromatic heterocycles. The molecule has 3 heteroatoms. The molecule has 110 valence electrons. The van der Waals surface area contributed by atoms with Gasteiger partial charge in [0.15, 0.2) is 0 Å². The minimum atomic E-state index is 0.103. The summed E-state index contributed by atoms with van der Waals surface area (Å²) < 4.78 is 0. The van der Waals surface area contributed by atoms with Crippen molar-refractivity contribution in [3.63, 3.8) is 0 Å². The topological polar surface area (TPSA) is 55.1 Å². The Labute approximate surface area is 126 Å². The number of nitrogen functional groups attached to an aromatic ring is 1. The van der Waals surface area contributed by atoms with Crippen LogP contribution in [0, 0.1) is 6.92 Å². The van der Waals surface area contributed by atoms with Crippen molar-refractivity contribution in [1.82, 2.24) is 5.32 Å². The van der Waals surface area contributed by atoms with Gasteiger partial charge in [-0.05, 0) is 43.0 Å². The van der Waals surface area contributed by atoms with E-state index < -0.39 is 0 Å². The molecular weight excluding hydrogens is 260 g/mol. The number of hydrogen-bond donors (Lipinski definition) is 2. The molecule has 0 saturated heterocycles. The summed E-state index contributed by atoms with van der Waals surface area (Å²) in [5.74, 6) is 0.103. The van der Waals surface area contributed by atoms with Gasteiger partial charge in [0, 0.05) is 18.7 Å². The quantitative estimate of drug-likeness (QED) is 0.800. The summed E-state index contributed by atoms with van der Waals surface area (Å²) >= 11 is 0. The Morgan fingerprint density at radius 3 is 2.19 bits per heavy atom. The summed E-state index contributed by atoms with van der Waals surface area (Å²) in [6.45, 7) is 2.73. The van der Waals surface area contributed by atoms with E-state index in [4.69, 9.17) is 5.73 Å². The van der Waals surface area contributed by atoms with Gasteiger partial charge in [-0.25, -0.2) is 0 Å². The number of rotatable bonds is 6. The molecule has 2 aromatic rings. The van der Waals surface area contributed by atoms with E-state index in [2.05, 4.69) is 36.5 Å². The van der Waals surface area contributed by atoms with Crippen LogP contribution in [0.5, 0.6) is 0 Å². The molecule has 0 heterocycles. The largest absolute Gasteiger partial charge is 0.399 e. The molecule has 0 atom stereocenters. The first-order valence-electron chi connectivity index (χ1n) is 7.30. The van der Waals surface area contributed by atoms with Crippen LogP contribution in [0.2, 0.25) is 0 Å². The molecule has 1 amide bonds. The van der Waals surface area contributed by atoms with E-state index in [9.17, 15) is 4.79 Å². The van der Waals surface area contributed by atoms with Crippen LogP contribution in [0.15, 0.2) is 48.5 Å². The van der Waals surface area contributed by atoms with Crippen molar-refractivity contribution < 1.29 is 4.79 Å². The number of nitrogens with one attached hydrogen (secondary N) is 1. The summed E-state index contributed by atoms with van der Waals surface area (Å²) in [5, 5.41) is 2.96. The Morgan fingerprint density at radius 1 is 0.952 bits per heavy atom. The minimum Gasteiger partial charge on any atom is -0.399 e. The minimum absolute atomic E-state index is 0.103. The predicted molar refractivity (Wildman–Crippen MR) is 87.1 cm³/mol. The van der Waals surface area contributed by atoms with Crippen molar-refractivity contribution in [3.05, 3.63) is 65.2 Å². The first-order valence-corrected chi connectivity index (χ1v) is 7.30. The van der Waals surface area contributed by atoms with Crippen LogP contribution in [0.1, 0.15) is 23.1 Å². The van der Waals surface area contributed by atoms with Crippen molar-refractivity contribution in [2.75, 3.05) is 12.3 Å². The Bertz CT molecular complexity index is 573. The third kappa shape index (κ3) is 5.30. The van der Waals surface area contributed by atoms with E-state index in [-0.39, 0.29) is 5.91 Å². The molecule has 21 heavy (non-hydrogen) atoms. The average molecular weight is 282 g/mol. The van der Waals surface area contributed by atoms with Crippen molar-refractivity contribution in [3.8, 4) is 0 Å². The summed E-state index contributed by atoms with van der Waals surface area (Å²) in [7, 11) is 0. The van der Waals surface area contributed by atoms with Crippen molar-refractivity contribution in [2.24, 2.45) is 0 Å². The molecular formula is C18H22N2O. The predicted octanol–water partition coefficient (Wildman–Crippen LogP) is 2.87. The smallest absolute Gasteiger partial charge is 0.220 e. The van der Waals surface area contributed by atoms with Crippen molar-refractivity contribution >= 4 is 11.6 Å². The Hall–Kier alpha value is -2.29. The van der Waals surface area contributed by atoms with E-state index in [1.807, 2.05) is 24.3 Å². The van der Waals surface area contributed by atoms with Crippen molar-refractivity contribution in [1.29, 1.82) is 0 Å². The first kappa shape index (κ1) is 15.1. The molecule has 0 radical (unpaired) electrons. The van der Waals surface area contributed by atoms with Crippen molar-refractivity contribution in [2.45, 2.75) is 26.2 Å². The lowest BCUT2D eigenvalue weighted by atomic mass is 10.1. The number of benzene rings is 2. The molecule has 2 aromatic carbocycles. The van der Waals surface area contributed by atoms with Gasteiger partial charge in [0.1, 0.15) is 0 Å². The number of anilines is 1. The first-order chi connectivity index (χ1) is 10.1. The molecule has 0 aliphatic rings.